The summed E-state index contributed by atoms with van der Waals surface area (Å²) >= 11 is 1.37. The average Bonchev–Trinajstić information content (AvgIpc) is 3.45. The zero-order valence-corrected chi connectivity index (χ0v) is 18.6. The summed E-state index contributed by atoms with van der Waals surface area (Å²) in [4.78, 5) is 28.5. The Labute approximate surface area is 193 Å². The Morgan fingerprint density at radius 1 is 1.18 bits per heavy atom. The topological polar surface area (TPSA) is 106 Å². The molecular weight excluding hydrogens is 444 g/mol. The number of aliphatic hydroxyl groups is 1. The minimum atomic E-state index is -1.15. The summed E-state index contributed by atoms with van der Waals surface area (Å²) < 4.78 is 16.3. The Morgan fingerprint density at radius 2 is 1.97 bits per heavy atom. The van der Waals surface area contributed by atoms with Gasteiger partial charge in [0, 0.05) is 18.2 Å². The van der Waals surface area contributed by atoms with Crippen LogP contribution in [0.2, 0.25) is 0 Å². The van der Waals surface area contributed by atoms with Crippen molar-refractivity contribution >= 4 is 40.9 Å². The van der Waals surface area contributed by atoms with E-state index in [1.54, 1.807) is 54.6 Å². The van der Waals surface area contributed by atoms with Gasteiger partial charge in [0.1, 0.15) is 0 Å². The first kappa shape index (κ1) is 22.3. The van der Waals surface area contributed by atoms with Crippen molar-refractivity contribution in [3.05, 3.63) is 81.7 Å². The van der Waals surface area contributed by atoms with Gasteiger partial charge in [-0.25, -0.2) is 9.79 Å². The molecule has 168 valence electrons. The highest BCUT2D eigenvalue weighted by molar-refractivity contribution is 7.10. The standard InChI is InChI=1S/C24H20N2O6S/c1-14(27)25-17-8-6-16(7-9-17)22-26-18(23(28)32-22)12-15-5-10-19(30-2)20(13-15)31-24(29)21-4-3-11-33-21/h3-13,24,29H,1-2H3,(H,25,27)/b18-12+. The van der Waals surface area contributed by atoms with Crippen LogP contribution >= 0.6 is 11.3 Å². The van der Waals surface area contributed by atoms with Gasteiger partial charge in [-0.05, 0) is 59.5 Å². The molecule has 0 bridgehead atoms. The van der Waals surface area contributed by atoms with Gasteiger partial charge in [-0.2, -0.15) is 0 Å². The van der Waals surface area contributed by atoms with Crippen molar-refractivity contribution in [3.8, 4) is 11.5 Å². The number of hydrogen-bond acceptors (Lipinski definition) is 8. The van der Waals surface area contributed by atoms with Gasteiger partial charge in [0.05, 0.1) is 12.0 Å². The predicted octanol–water partition coefficient (Wildman–Crippen LogP) is 4.13. The molecule has 0 radical (unpaired) electrons. The number of hydrogen-bond donors (Lipinski definition) is 2. The summed E-state index contributed by atoms with van der Waals surface area (Å²) in [6.45, 7) is 1.42. The molecule has 3 aromatic rings. The van der Waals surface area contributed by atoms with E-state index in [2.05, 4.69) is 10.3 Å². The van der Waals surface area contributed by atoms with E-state index in [0.29, 0.717) is 33.2 Å². The van der Waals surface area contributed by atoms with Crippen LogP contribution in [0.1, 0.15) is 29.2 Å². The third-order valence-electron chi connectivity index (χ3n) is 4.59. The predicted molar refractivity (Wildman–Crippen MR) is 124 cm³/mol. The Morgan fingerprint density at radius 3 is 2.64 bits per heavy atom. The third-order valence-corrected chi connectivity index (χ3v) is 5.49. The van der Waals surface area contributed by atoms with E-state index in [9.17, 15) is 14.7 Å². The summed E-state index contributed by atoms with van der Waals surface area (Å²) in [6.07, 6.45) is 0.411. The molecule has 4 rings (SSSR count). The minimum Gasteiger partial charge on any atom is -0.493 e. The lowest BCUT2D eigenvalue weighted by Gasteiger charge is -2.15. The lowest BCUT2D eigenvalue weighted by atomic mass is 10.1. The van der Waals surface area contributed by atoms with Crippen molar-refractivity contribution < 1.29 is 28.9 Å². The number of benzene rings is 2. The van der Waals surface area contributed by atoms with E-state index in [0.717, 1.165) is 0 Å². The van der Waals surface area contributed by atoms with Crippen LogP contribution in [0.4, 0.5) is 5.69 Å². The number of carbonyl (C=O) groups is 2. The van der Waals surface area contributed by atoms with Crippen molar-refractivity contribution in [2.24, 2.45) is 4.99 Å². The molecule has 33 heavy (non-hydrogen) atoms. The summed E-state index contributed by atoms with van der Waals surface area (Å²) in [6, 6.07) is 15.4. The molecule has 1 unspecified atom stereocenters. The smallest absolute Gasteiger partial charge is 0.363 e. The lowest BCUT2D eigenvalue weighted by Crippen LogP contribution is -2.07. The number of esters is 1. The zero-order valence-electron chi connectivity index (χ0n) is 17.8. The van der Waals surface area contributed by atoms with E-state index in [-0.39, 0.29) is 17.5 Å². The molecule has 1 aliphatic heterocycles. The molecular formula is C24H20N2O6S. The van der Waals surface area contributed by atoms with Gasteiger partial charge >= 0.3 is 5.97 Å². The average molecular weight is 464 g/mol. The first-order valence-corrected chi connectivity index (χ1v) is 10.8. The molecule has 0 saturated heterocycles. The van der Waals surface area contributed by atoms with Crippen LogP contribution in [0.15, 0.2) is 70.7 Å². The number of methoxy groups -OCH3 is 1. The number of cyclic esters (lactones) is 1. The molecule has 2 heterocycles. The maximum atomic E-state index is 12.4. The molecule has 2 N–H and O–H groups in total. The molecule has 1 amide bonds. The second-order valence-corrected chi connectivity index (χ2v) is 7.97. The highest BCUT2D eigenvalue weighted by atomic mass is 32.1. The van der Waals surface area contributed by atoms with Gasteiger partial charge in [-0.1, -0.05) is 12.1 Å². The minimum absolute atomic E-state index is 0.117. The number of thiophene rings is 1. The van der Waals surface area contributed by atoms with Crippen LogP contribution in [0.3, 0.4) is 0 Å². The molecule has 2 aromatic carbocycles. The molecule has 0 aliphatic carbocycles. The SMILES string of the molecule is COc1ccc(/C=C2/N=C(c3ccc(NC(C)=O)cc3)OC2=O)cc1OC(O)c1cccs1. The number of anilines is 1. The van der Waals surface area contributed by atoms with Gasteiger partial charge in [0.2, 0.25) is 18.1 Å². The second kappa shape index (κ2) is 9.68. The Balaban J connectivity index is 1.57. The molecule has 1 aromatic heterocycles. The highest BCUT2D eigenvalue weighted by Gasteiger charge is 2.24. The number of aliphatic hydroxyl groups excluding tert-OH is 1. The van der Waals surface area contributed by atoms with Crippen LogP contribution < -0.4 is 14.8 Å². The van der Waals surface area contributed by atoms with Crippen LogP contribution in [0.25, 0.3) is 6.08 Å². The Kier molecular flexibility index (Phi) is 6.53. The number of rotatable bonds is 7. The normalized spacial score (nSPS) is 15.1. The number of nitrogens with zero attached hydrogens (tertiary/aromatic N) is 1. The van der Waals surface area contributed by atoms with E-state index < -0.39 is 12.3 Å². The number of ether oxygens (including phenoxy) is 3. The fourth-order valence-electron chi connectivity index (χ4n) is 3.08. The maximum absolute atomic E-state index is 12.4. The molecule has 9 heteroatoms. The van der Waals surface area contributed by atoms with E-state index >= 15 is 0 Å². The van der Waals surface area contributed by atoms with E-state index in [1.165, 1.54) is 25.4 Å². The summed E-state index contributed by atoms with van der Waals surface area (Å²) in [5.41, 5.74) is 1.95. The maximum Gasteiger partial charge on any atom is 0.363 e. The number of aliphatic imine (C=N–C) groups is 1. The van der Waals surface area contributed by atoms with Crippen molar-refractivity contribution in [2.45, 2.75) is 13.2 Å². The fourth-order valence-corrected chi connectivity index (χ4v) is 3.71. The Bertz CT molecular complexity index is 1230. The fraction of sp³-hybridized carbons (Fsp3) is 0.125. The van der Waals surface area contributed by atoms with Gasteiger partial charge in [-0.15, -0.1) is 11.3 Å². The van der Waals surface area contributed by atoms with Gasteiger partial charge in [0.15, 0.2) is 17.2 Å². The quantitative estimate of drug-likeness (QED) is 0.309. The summed E-state index contributed by atoms with van der Waals surface area (Å²) in [5.74, 6) is 0.150. The van der Waals surface area contributed by atoms with Crippen molar-refractivity contribution in [1.29, 1.82) is 0 Å². The van der Waals surface area contributed by atoms with Crippen molar-refractivity contribution in [3.63, 3.8) is 0 Å². The highest BCUT2D eigenvalue weighted by Crippen LogP contribution is 2.33. The third kappa shape index (κ3) is 5.28. The number of carbonyl (C=O) groups excluding carboxylic acids is 2. The first-order chi connectivity index (χ1) is 15.9. The van der Waals surface area contributed by atoms with Crippen LogP contribution in [-0.2, 0) is 14.3 Å². The first-order valence-electron chi connectivity index (χ1n) is 9.89. The molecule has 0 fully saturated rings. The second-order valence-electron chi connectivity index (χ2n) is 6.99. The summed E-state index contributed by atoms with van der Waals surface area (Å²) in [5, 5.41) is 14.8. The largest absolute Gasteiger partial charge is 0.493 e. The molecule has 0 spiro atoms. The van der Waals surface area contributed by atoms with Crippen molar-refractivity contribution in [2.75, 3.05) is 12.4 Å². The summed E-state index contributed by atoms with van der Waals surface area (Å²) in [7, 11) is 1.50. The Hall–Kier alpha value is -3.95. The molecule has 0 saturated carbocycles. The van der Waals surface area contributed by atoms with Crippen molar-refractivity contribution in [1.82, 2.24) is 0 Å². The van der Waals surface area contributed by atoms with Crippen LogP contribution in [0, 0.1) is 0 Å². The number of nitrogens with one attached hydrogen (secondary N) is 1. The van der Waals surface area contributed by atoms with Gasteiger partial charge in [-0.3, -0.25) is 4.79 Å². The lowest BCUT2D eigenvalue weighted by molar-refractivity contribution is -0.129. The monoisotopic (exact) mass is 464 g/mol. The van der Waals surface area contributed by atoms with E-state index in [4.69, 9.17) is 14.2 Å². The molecule has 8 nitrogen and oxygen atoms in total. The zero-order chi connectivity index (χ0) is 23.4. The molecule has 1 aliphatic rings. The molecule has 1 atom stereocenters. The number of amides is 1. The van der Waals surface area contributed by atoms with E-state index in [1.807, 2.05) is 11.4 Å². The van der Waals surface area contributed by atoms with Gasteiger partial charge in [0.25, 0.3) is 0 Å². The van der Waals surface area contributed by atoms with Crippen LogP contribution in [-0.4, -0.2) is 30.0 Å². The van der Waals surface area contributed by atoms with Gasteiger partial charge < -0.3 is 24.6 Å². The van der Waals surface area contributed by atoms with Crippen LogP contribution in [0.5, 0.6) is 11.5 Å².